The molecule has 0 aliphatic carbocycles. The molecule has 1 aromatic carbocycles. The number of halogens is 3. The van der Waals surface area contributed by atoms with E-state index in [1.54, 1.807) is 31.5 Å². The topological polar surface area (TPSA) is 61.5 Å². The van der Waals surface area contributed by atoms with E-state index in [9.17, 15) is 18.0 Å². The number of fused-ring (bicyclic) bond motifs is 3. The van der Waals surface area contributed by atoms with Gasteiger partial charge in [-0.25, -0.2) is 0 Å². The molecular formula is C20H18F3N3O. The van der Waals surface area contributed by atoms with Gasteiger partial charge in [0.1, 0.15) is 0 Å². The van der Waals surface area contributed by atoms with E-state index < -0.39 is 11.7 Å². The number of pyridine rings is 2. The van der Waals surface area contributed by atoms with Crippen molar-refractivity contribution >= 4 is 21.9 Å². The highest BCUT2D eigenvalue weighted by molar-refractivity contribution is 6.10. The molecule has 2 N–H and O–H groups in total. The van der Waals surface area contributed by atoms with Gasteiger partial charge in [0, 0.05) is 40.0 Å². The van der Waals surface area contributed by atoms with Crippen molar-refractivity contribution in [3.8, 4) is 11.1 Å². The maximum absolute atomic E-state index is 13.0. The summed E-state index contributed by atoms with van der Waals surface area (Å²) in [6.07, 6.45) is -1.22. The van der Waals surface area contributed by atoms with Gasteiger partial charge in [-0.3, -0.25) is 9.78 Å². The molecule has 0 atom stereocenters. The van der Waals surface area contributed by atoms with E-state index in [1.165, 1.54) is 6.07 Å². The third kappa shape index (κ3) is 3.20. The zero-order valence-electron chi connectivity index (χ0n) is 15.0. The molecule has 0 saturated carbocycles. The molecule has 0 radical (unpaired) electrons. The first-order valence-electron chi connectivity index (χ1n) is 8.52. The summed E-state index contributed by atoms with van der Waals surface area (Å²) in [5, 5.41) is 0.326. The average Bonchev–Trinajstić information content (AvgIpc) is 3.01. The van der Waals surface area contributed by atoms with Crippen LogP contribution in [-0.4, -0.2) is 15.0 Å². The van der Waals surface area contributed by atoms with E-state index in [2.05, 4.69) is 15.0 Å². The standard InChI is InChI=1S/C18H12F3N3O.C2H6/c1-9-14(10-3-2-6-22-8-10)16-15(24-17(9)25)12-7-11(18(19,20)21)4-5-13(12)23-16;1-2/h2-8,23H,1H3,(H,24,25);1-2H3. The lowest BCUT2D eigenvalue weighted by Crippen LogP contribution is -2.11. The van der Waals surface area contributed by atoms with Crippen molar-refractivity contribution in [1.82, 2.24) is 15.0 Å². The Morgan fingerprint density at radius 3 is 2.41 bits per heavy atom. The van der Waals surface area contributed by atoms with E-state index in [-0.39, 0.29) is 5.56 Å². The van der Waals surface area contributed by atoms with Gasteiger partial charge in [-0.1, -0.05) is 19.9 Å². The summed E-state index contributed by atoms with van der Waals surface area (Å²) in [7, 11) is 0. The Bertz CT molecular complexity index is 1160. The maximum Gasteiger partial charge on any atom is 0.416 e. The van der Waals surface area contributed by atoms with Crippen LogP contribution in [0.2, 0.25) is 0 Å². The second kappa shape index (κ2) is 6.90. The predicted molar refractivity (Wildman–Crippen MR) is 101 cm³/mol. The van der Waals surface area contributed by atoms with E-state index in [4.69, 9.17) is 0 Å². The Labute approximate surface area is 153 Å². The van der Waals surface area contributed by atoms with E-state index in [1.807, 2.05) is 13.8 Å². The summed E-state index contributed by atoms with van der Waals surface area (Å²) >= 11 is 0. The van der Waals surface area contributed by atoms with Gasteiger partial charge in [0.25, 0.3) is 5.56 Å². The highest BCUT2D eigenvalue weighted by Gasteiger charge is 2.31. The molecule has 27 heavy (non-hydrogen) atoms. The molecule has 0 spiro atoms. The number of aromatic nitrogens is 3. The molecule has 4 nitrogen and oxygen atoms in total. The van der Waals surface area contributed by atoms with E-state index >= 15 is 0 Å². The number of benzene rings is 1. The predicted octanol–water partition coefficient (Wildman–Crippen LogP) is 5.42. The summed E-state index contributed by atoms with van der Waals surface area (Å²) in [5.74, 6) is 0. The fourth-order valence-corrected chi connectivity index (χ4v) is 3.07. The molecule has 4 aromatic rings. The first-order chi connectivity index (χ1) is 12.9. The molecule has 0 fully saturated rings. The molecule has 140 valence electrons. The van der Waals surface area contributed by atoms with Crippen LogP contribution in [0.1, 0.15) is 25.0 Å². The van der Waals surface area contributed by atoms with Crippen LogP contribution in [0.15, 0.2) is 47.5 Å². The van der Waals surface area contributed by atoms with Crippen LogP contribution in [-0.2, 0) is 6.18 Å². The van der Waals surface area contributed by atoms with Crippen molar-refractivity contribution < 1.29 is 13.2 Å². The smallest absolute Gasteiger partial charge is 0.353 e. The zero-order chi connectivity index (χ0) is 19.8. The molecule has 0 amide bonds. The monoisotopic (exact) mass is 373 g/mol. The van der Waals surface area contributed by atoms with Crippen LogP contribution in [0.4, 0.5) is 13.2 Å². The first-order valence-corrected chi connectivity index (χ1v) is 8.52. The van der Waals surface area contributed by atoms with Gasteiger partial charge in [-0.05, 0) is 31.2 Å². The van der Waals surface area contributed by atoms with Crippen LogP contribution in [0, 0.1) is 6.92 Å². The molecule has 0 bridgehead atoms. The minimum atomic E-state index is -4.45. The van der Waals surface area contributed by atoms with Crippen LogP contribution in [0.5, 0.6) is 0 Å². The Morgan fingerprint density at radius 2 is 1.78 bits per heavy atom. The van der Waals surface area contributed by atoms with Crippen molar-refractivity contribution in [1.29, 1.82) is 0 Å². The van der Waals surface area contributed by atoms with E-state index in [0.29, 0.717) is 33.1 Å². The van der Waals surface area contributed by atoms with Crippen molar-refractivity contribution in [2.24, 2.45) is 0 Å². The summed E-state index contributed by atoms with van der Waals surface area (Å²) in [6, 6.07) is 6.99. The minimum Gasteiger partial charge on any atom is -0.353 e. The van der Waals surface area contributed by atoms with Gasteiger partial charge in [-0.2, -0.15) is 13.2 Å². The third-order valence-electron chi connectivity index (χ3n) is 4.28. The molecule has 0 aliphatic heterocycles. The third-order valence-corrected chi connectivity index (χ3v) is 4.28. The lowest BCUT2D eigenvalue weighted by atomic mass is 10.0. The quantitative estimate of drug-likeness (QED) is 0.468. The molecule has 3 aromatic heterocycles. The van der Waals surface area contributed by atoms with Crippen LogP contribution >= 0.6 is 0 Å². The molecule has 7 heteroatoms. The van der Waals surface area contributed by atoms with Crippen molar-refractivity contribution in [2.75, 3.05) is 0 Å². The average molecular weight is 373 g/mol. The second-order valence-electron chi connectivity index (χ2n) is 5.83. The van der Waals surface area contributed by atoms with Crippen molar-refractivity contribution in [3.63, 3.8) is 0 Å². The largest absolute Gasteiger partial charge is 0.416 e. The Morgan fingerprint density at radius 1 is 1.04 bits per heavy atom. The van der Waals surface area contributed by atoms with Crippen LogP contribution in [0.25, 0.3) is 33.1 Å². The Balaban J connectivity index is 0.00000102. The van der Waals surface area contributed by atoms with Crippen LogP contribution in [0.3, 0.4) is 0 Å². The van der Waals surface area contributed by atoms with E-state index in [0.717, 1.165) is 17.7 Å². The molecule has 0 unspecified atom stereocenters. The van der Waals surface area contributed by atoms with Gasteiger partial charge >= 0.3 is 6.18 Å². The number of H-pyrrole nitrogens is 2. The lowest BCUT2D eigenvalue weighted by Gasteiger charge is -2.07. The highest BCUT2D eigenvalue weighted by Crippen LogP contribution is 2.36. The number of hydrogen-bond donors (Lipinski definition) is 2. The minimum absolute atomic E-state index is 0.326. The normalized spacial score (nSPS) is 11.5. The highest BCUT2D eigenvalue weighted by atomic mass is 19.4. The first kappa shape index (κ1) is 18.7. The molecular weight excluding hydrogens is 355 g/mol. The summed E-state index contributed by atoms with van der Waals surface area (Å²) < 4.78 is 39.1. The molecule has 3 heterocycles. The number of aromatic amines is 2. The summed E-state index contributed by atoms with van der Waals surface area (Å²) in [6.45, 7) is 5.67. The van der Waals surface area contributed by atoms with Gasteiger partial charge < -0.3 is 9.97 Å². The summed E-state index contributed by atoms with van der Waals surface area (Å²) in [4.78, 5) is 22.2. The fraction of sp³-hybridized carbons (Fsp3) is 0.200. The molecule has 0 saturated heterocycles. The number of hydrogen-bond acceptors (Lipinski definition) is 2. The summed E-state index contributed by atoms with van der Waals surface area (Å²) in [5.41, 5.74) is 2.19. The Hall–Kier alpha value is -3.09. The SMILES string of the molecule is CC.Cc1c(-c2cccnc2)c2[nH]c3ccc(C(F)(F)F)cc3c2[nH]c1=O. The van der Waals surface area contributed by atoms with Crippen molar-refractivity contribution in [3.05, 3.63) is 64.2 Å². The van der Waals surface area contributed by atoms with Crippen molar-refractivity contribution in [2.45, 2.75) is 26.9 Å². The number of rotatable bonds is 1. The Kier molecular flexibility index (Phi) is 4.78. The number of nitrogens with one attached hydrogen (secondary N) is 2. The van der Waals surface area contributed by atoms with Gasteiger partial charge in [-0.15, -0.1) is 0 Å². The fourth-order valence-electron chi connectivity index (χ4n) is 3.07. The number of nitrogens with zero attached hydrogens (tertiary/aromatic N) is 1. The van der Waals surface area contributed by atoms with Gasteiger partial charge in [0.05, 0.1) is 16.6 Å². The lowest BCUT2D eigenvalue weighted by molar-refractivity contribution is -0.137. The second-order valence-corrected chi connectivity index (χ2v) is 5.83. The zero-order valence-corrected chi connectivity index (χ0v) is 15.0. The van der Waals surface area contributed by atoms with Gasteiger partial charge in [0.2, 0.25) is 0 Å². The number of alkyl halides is 3. The maximum atomic E-state index is 13.0. The molecule has 0 aliphatic rings. The van der Waals surface area contributed by atoms with Crippen LogP contribution < -0.4 is 5.56 Å². The van der Waals surface area contributed by atoms with Gasteiger partial charge in [0.15, 0.2) is 0 Å². The molecule has 4 rings (SSSR count).